The van der Waals surface area contributed by atoms with Crippen LogP contribution in [0.4, 0.5) is 11.4 Å². The van der Waals surface area contributed by atoms with Crippen LogP contribution in [0.1, 0.15) is 6.42 Å². The third-order valence-corrected chi connectivity index (χ3v) is 6.35. The van der Waals surface area contributed by atoms with Gasteiger partial charge in [-0.25, -0.2) is 4.98 Å². The molecule has 0 radical (unpaired) electrons. The van der Waals surface area contributed by atoms with Crippen molar-refractivity contribution >= 4 is 11.4 Å². The number of nitrogens with zero attached hydrogens (tertiary/aromatic N) is 4. The molecule has 1 aliphatic heterocycles. The molecule has 180 valence electrons. The first kappa shape index (κ1) is 24.0. The van der Waals surface area contributed by atoms with Crippen molar-refractivity contribution < 1.29 is 4.74 Å². The van der Waals surface area contributed by atoms with E-state index in [-0.39, 0.29) is 0 Å². The van der Waals surface area contributed by atoms with E-state index in [1.807, 2.05) is 12.1 Å². The average molecular weight is 460 g/mol. The van der Waals surface area contributed by atoms with Crippen LogP contribution in [-0.4, -0.2) is 82.3 Å². The van der Waals surface area contributed by atoms with Gasteiger partial charge in [0.05, 0.1) is 18.5 Å². The molecular weight excluding hydrogens is 422 g/mol. The molecular formula is C28H37N5O. The van der Waals surface area contributed by atoms with Gasteiger partial charge in [-0.15, -0.1) is 0 Å². The Hall–Kier alpha value is -3.09. The lowest BCUT2D eigenvalue weighted by Crippen LogP contribution is -2.44. The maximum absolute atomic E-state index is 5.33. The molecule has 2 aromatic carbocycles. The lowest BCUT2D eigenvalue weighted by Gasteiger charge is -2.34. The molecule has 0 unspecified atom stereocenters. The zero-order valence-electron chi connectivity index (χ0n) is 20.9. The highest BCUT2D eigenvalue weighted by Crippen LogP contribution is 2.29. The Morgan fingerprint density at radius 2 is 1.47 bits per heavy atom. The highest BCUT2D eigenvalue weighted by atomic mass is 16.5. The van der Waals surface area contributed by atoms with Crippen LogP contribution < -0.4 is 15.0 Å². The van der Waals surface area contributed by atoms with Gasteiger partial charge >= 0.3 is 0 Å². The predicted molar refractivity (Wildman–Crippen MR) is 143 cm³/mol. The SMILES string of the molecule is COc1ccc(-c2cc(NCCCN(C)C)cc(-c3ccc(N4CCN(C)CC4)cc3)n2)cc1. The Balaban J connectivity index is 1.58. The van der Waals surface area contributed by atoms with Gasteiger partial charge in [0.1, 0.15) is 5.75 Å². The monoisotopic (exact) mass is 459 g/mol. The molecule has 1 N–H and O–H groups in total. The van der Waals surface area contributed by atoms with Gasteiger partial charge in [0.15, 0.2) is 0 Å². The normalized spacial score (nSPS) is 14.4. The number of pyridine rings is 1. The minimum atomic E-state index is 0.849. The number of aromatic nitrogens is 1. The smallest absolute Gasteiger partial charge is 0.118 e. The summed E-state index contributed by atoms with van der Waals surface area (Å²) in [5, 5.41) is 3.61. The zero-order valence-corrected chi connectivity index (χ0v) is 20.9. The van der Waals surface area contributed by atoms with Crippen LogP contribution in [0.25, 0.3) is 22.5 Å². The van der Waals surface area contributed by atoms with E-state index < -0.39 is 0 Å². The summed E-state index contributed by atoms with van der Waals surface area (Å²) in [6, 6.07) is 21.3. The molecule has 6 heteroatoms. The second-order valence-electron chi connectivity index (χ2n) is 9.28. The van der Waals surface area contributed by atoms with Crippen LogP contribution in [0, 0.1) is 0 Å². The van der Waals surface area contributed by atoms with Crippen LogP contribution in [0.2, 0.25) is 0 Å². The van der Waals surface area contributed by atoms with Gasteiger partial charge in [-0.1, -0.05) is 12.1 Å². The summed E-state index contributed by atoms with van der Waals surface area (Å²) in [6.07, 6.45) is 1.09. The van der Waals surface area contributed by atoms with Gasteiger partial charge in [0.2, 0.25) is 0 Å². The first-order chi connectivity index (χ1) is 16.5. The van der Waals surface area contributed by atoms with Crippen LogP contribution in [0.15, 0.2) is 60.7 Å². The Morgan fingerprint density at radius 1 is 0.882 bits per heavy atom. The van der Waals surface area contributed by atoms with Crippen molar-refractivity contribution in [3.8, 4) is 28.3 Å². The molecule has 0 spiro atoms. The van der Waals surface area contributed by atoms with Crippen molar-refractivity contribution in [1.29, 1.82) is 0 Å². The number of hydrogen-bond donors (Lipinski definition) is 1. The second-order valence-corrected chi connectivity index (χ2v) is 9.28. The van der Waals surface area contributed by atoms with E-state index in [2.05, 4.69) is 89.7 Å². The van der Waals surface area contributed by atoms with E-state index in [0.717, 1.165) is 79.6 Å². The molecule has 1 aromatic heterocycles. The molecule has 1 fully saturated rings. The molecule has 1 aliphatic rings. The van der Waals surface area contributed by atoms with Crippen molar-refractivity contribution in [2.75, 3.05) is 77.7 Å². The molecule has 34 heavy (non-hydrogen) atoms. The maximum Gasteiger partial charge on any atom is 0.118 e. The Kier molecular flexibility index (Phi) is 8.03. The fourth-order valence-electron chi connectivity index (χ4n) is 4.23. The molecule has 0 aliphatic carbocycles. The minimum absolute atomic E-state index is 0.849. The standard InChI is InChI=1S/C28H37N5O/c1-31(2)15-5-14-29-24-20-27(30-28(21-24)23-8-12-26(34-4)13-9-23)22-6-10-25(11-7-22)33-18-16-32(3)17-19-33/h6-13,20-21H,5,14-19H2,1-4H3,(H,29,30). The summed E-state index contributed by atoms with van der Waals surface area (Å²) >= 11 is 0. The van der Waals surface area contributed by atoms with E-state index in [4.69, 9.17) is 9.72 Å². The van der Waals surface area contributed by atoms with Crippen LogP contribution in [-0.2, 0) is 0 Å². The molecule has 0 amide bonds. The largest absolute Gasteiger partial charge is 0.497 e. The number of rotatable bonds is 9. The molecule has 0 saturated carbocycles. The van der Waals surface area contributed by atoms with Crippen molar-refractivity contribution in [2.45, 2.75) is 6.42 Å². The second kappa shape index (κ2) is 11.4. The third kappa shape index (κ3) is 6.27. The Bertz CT molecular complexity index is 1040. The van der Waals surface area contributed by atoms with Crippen molar-refractivity contribution in [3.63, 3.8) is 0 Å². The fourth-order valence-corrected chi connectivity index (χ4v) is 4.23. The van der Waals surface area contributed by atoms with Crippen molar-refractivity contribution in [2.24, 2.45) is 0 Å². The average Bonchev–Trinajstić information content (AvgIpc) is 2.87. The summed E-state index contributed by atoms with van der Waals surface area (Å²) in [7, 11) is 8.10. The predicted octanol–water partition coefficient (Wildman–Crippen LogP) is 4.54. The highest BCUT2D eigenvalue weighted by molar-refractivity contribution is 5.73. The van der Waals surface area contributed by atoms with Gasteiger partial charge in [-0.05, 0) is 82.6 Å². The molecule has 2 heterocycles. The molecule has 0 bridgehead atoms. The molecule has 3 aromatic rings. The van der Waals surface area contributed by atoms with E-state index >= 15 is 0 Å². The number of ether oxygens (including phenoxy) is 1. The maximum atomic E-state index is 5.33. The number of hydrogen-bond acceptors (Lipinski definition) is 6. The summed E-state index contributed by atoms with van der Waals surface area (Å²) in [6.45, 7) is 6.34. The van der Waals surface area contributed by atoms with E-state index in [1.54, 1.807) is 7.11 Å². The van der Waals surface area contributed by atoms with E-state index in [0.29, 0.717) is 0 Å². The zero-order chi connectivity index (χ0) is 23.9. The van der Waals surface area contributed by atoms with Gasteiger partial charge < -0.3 is 24.8 Å². The number of benzene rings is 2. The fraction of sp³-hybridized carbons (Fsp3) is 0.393. The Morgan fingerprint density at radius 3 is 2.03 bits per heavy atom. The number of nitrogens with one attached hydrogen (secondary N) is 1. The van der Waals surface area contributed by atoms with Crippen molar-refractivity contribution in [3.05, 3.63) is 60.7 Å². The molecule has 0 atom stereocenters. The van der Waals surface area contributed by atoms with Crippen molar-refractivity contribution in [1.82, 2.24) is 14.8 Å². The van der Waals surface area contributed by atoms with Gasteiger partial charge in [-0.3, -0.25) is 0 Å². The number of piperazine rings is 1. The number of methoxy groups -OCH3 is 1. The van der Waals surface area contributed by atoms with Crippen LogP contribution in [0.3, 0.4) is 0 Å². The lowest BCUT2D eigenvalue weighted by atomic mass is 10.1. The lowest BCUT2D eigenvalue weighted by molar-refractivity contribution is 0.313. The highest BCUT2D eigenvalue weighted by Gasteiger charge is 2.15. The number of anilines is 2. The van der Waals surface area contributed by atoms with Gasteiger partial charge in [-0.2, -0.15) is 0 Å². The van der Waals surface area contributed by atoms with E-state index in [9.17, 15) is 0 Å². The summed E-state index contributed by atoms with van der Waals surface area (Å²) in [4.78, 5) is 12.1. The summed E-state index contributed by atoms with van der Waals surface area (Å²) in [5.74, 6) is 0.849. The van der Waals surface area contributed by atoms with E-state index in [1.165, 1.54) is 5.69 Å². The quantitative estimate of drug-likeness (QED) is 0.474. The van der Waals surface area contributed by atoms with Gasteiger partial charge in [0.25, 0.3) is 0 Å². The Labute approximate surface area is 204 Å². The first-order valence-electron chi connectivity index (χ1n) is 12.1. The van der Waals surface area contributed by atoms with Crippen LogP contribution >= 0.6 is 0 Å². The van der Waals surface area contributed by atoms with Gasteiger partial charge in [0, 0.05) is 55.2 Å². The molecule has 6 nitrogen and oxygen atoms in total. The molecule has 4 rings (SSSR count). The summed E-state index contributed by atoms with van der Waals surface area (Å²) < 4.78 is 5.33. The van der Waals surface area contributed by atoms with Crippen LogP contribution in [0.5, 0.6) is 5.75 Å². The number of likely N-dealkylation sites (N-methyl/N-ethyl adjacent to an activating group) is 1. The minimum Gasteiger partial charge on any atom is -0.497 e. The topological polar surface area (TPSA) is 43.9 Å². The molecule has 1 saturated heterocycles. The third-order valence-electron chi connectivity index (χ3n) is 6.35. The first-order valence-corrected chi connectivity index (χ1v) is 12.1. The summed E-state index contributed by atoms with van der Waals surface area (Å²) in [5.41, 5.74) is 6.52.